The first-order valence-corrected chi connectivity index (χ1v) is 3.19. The summed E-state index contributed by atoms with van der Waals surface area (Å²) in [6.07, 6.45) is 1.92. The Kier molecular flexibility index (Phi) is 16.0. The molecule has 29 valence electrons. The Balaban J connectivity index is 0. The van der Waals surface area contributed by atoms with Gasteiger partial charge in [-0.05, 0) is 0 Å². The minimum atomic E-state index is 0. The van der Waals surface area contributed by atoms with Crippen molar-refractivity contribution in [3.8, 4) is 0 Å². The van der Waals surface area contributed by atoms with Crippen molar-refractivity contribution in [1.29, 1.82) is 0 Å². The molecule has 0 rings (SSSR count). The van der Waals surface area contributed by atoms with E-state index >= 15 is 0 Å². The largest absolute Gasteiger partial charge is 0.412 e. The van der Waals surface area contributed by atoms with Gasteiger partial charge >= 0.3 is 39.6 Å². The Morgan fingerprint density at radius 2 is 2.00 bits per heavy atom. The molecule has 3 radical (unpaired) electrons. The quantitative estimate of drug-likeness (QED) is 0.397. The molecule has 0 aromatic rings. The molecule has 2 N–H and O–H groups in total. The van der Waals surface area contributed by atoms with Crippen LogP contribution < -0.4 is 0 Å². The van der Waals surface area contributed by atoms with Crippen LogP contribution in [0.2, 0.25) is 4.44 Å². The maximum absolute atomic E-state index is 3.50. The molecule has 5 heavy (non-hydrogen) atoms. The van der Waals surface area contributed by atoms with Crippen LogP contribution in [0, 0.1) is 0 Å². The van der Waals surface area contributed by atoms with Crippen LogP contribution >= 0.6 is 0 Å². The van der Waals surface area contributed by atoms with E-state index in [2.05, 4.69) is 6.58 Å². The Morgan fingerprint density at radius 3 is 2.00 bits per heavy atom. The van der Waals surface area contributed by atoms with Crippen molar-refractivity contribution in [2.24, 2.45) is 0 Å². The molecule has 0 amide bonds. The summed E-state index contributed by atoms with van der Waals surface area (Å²) in [6, 6.07) is 0. The minimum absolute atomic E-state index is 0. The summed E-state index contributed by atoms with van der Waals surface area (Å²) in [5.41, 5.74) is 0. The maximum atomic E-state index is 3.50. The molecule has 0 aliphatic carbocycles. The van der Waals surface area contributed by atoms with Gasteiger partial charge in [0.1, 0.15) is 0 Å². The Hall–Kier alpha value is 0.499. The van der Waals surface area contributed by atoms with Crippen LogP contribution in [-0.2, 0) is 0 Å². The van der Waals surface area contributed by atoms with Gasteiger partial charge in [0.2, 0.25) is 0 Å². The number of hydrogen-bond donors (Lipinski definition) is 0. The summed E-state index contributed by atoms with van der Waals surface area (Å²) < 4.78 is 1.17. The van der Waals surface area contributed by atoms with E-state index in [9.17, 15) is 0 Å². The fourth-order valence-electron chi connectivity index (χ4n) is 0. The standard InChI is InChI=1S/C3H5.H2O.Sn/c1-3-2;;/h3H,1-2H2;1H2;. The number of rotatable bonds is 1. The zero-order chi connectivity index (χ0) is 3.41. The van der Waals surface area contributed by atoms with E-state index in [0.717, 1.165) is 0 Å². The van der Waals surface area contributed by atoms with E-state index in [-0.39, 0.29) is 5.48 Å². The molecule has 1 nitrogen and oxygen atoms in total. The van der Waals surface area contributed by atoms with Crippen molar-refractivity contribution in [2.75, 3.05) is 0 Å². The van der Waals surface area contributed by atoms with E-state index in [4.69, 9.17) is 0 Å². The van der Waals surface area contributed by atoms with Crippen LogP contribution in [0.1, 0.15) is 0 Å². The van der Waals surface area contributed by atoms with Crippen molar-refractivity contribution < 1.29 is 5.48 Å². The monoisotopic (exact) mass is 179 g/mol. The molecule has 0 aromatic heterocycles. The summed E-state index contributed by atoms with van der Waals surface area (Å²) in [5, 5.41) is 0. The predicted molar refractivity (Wildman–Crippen MR) is 24.4 cm³/mol. The summed E-state index contributed by atoms with van der Waals surface area (Å²) in [7, 11) is 0. The molecule has 0 heterocycles. The zero-order valence-corrected chi connectivity index (χ0v) is 5.85. The van der Waals surface area contributed by atoms with Crippen LogP contribution in [0.5, 0.6) is 0 Å². The van der Waals surface area contributed by atoms with E-state index in [0.29, 0.717) is 0 Å². The van der Waals surface area contributed by atoms with Crippen LogP contribution in [-0.4, -0.2) is 28.0 Å². The molecule has 0 atom stereocenters. The van der Waals surface area contributed by atoms with Crippen molar-refractivity contribution >= 4 is 22.5 Å². The third-order valence-corrected chi connectivity index (χ3v) is 0.968. The van der Waals surface area contributed by atoms with Gasteiger partial charge in [0, 0.05) is 0 Å². The first kappa shape index (κ1) is 9.09. The number of allylic oxidation sites excluding steroid dienone is 1. The van der Waals surface area contributed by atoms with Gasteiger partial charge in [-0.3, -0.25) is 0 Å². The van der Waals surface area contributed by atoms with Gasteiger partial charge in [-0.25, -0.2) is 0 Å². The normalized spacial score (nSPS) is 5.00. The van der Waals surface area contributed by atoms with Crippen LogP contribution in [0.25, 0.3) is 0 Å². The van der Waals surface area contributed by atoms with Crippen molar-refractivity contribution in [3.63, 3.8) is 0 Å². The molecule has 0 fully saturated rings. The molecule has 0 unspecified atom stereocenters. The summed E-state index contributed by atoms with van der Waals surface area (Å²) in [6.45, 7) is 3.50. The second kappa shape index (κ2) is 8.82. The average molecular weight is 178 g/mol. The summed E-state index contributed by atoms with van der Waals surface area (Å²) in [4.78, 5) is 0. The van der Waals surface area contributed by atoms with Crippen molar-refractivity contribution in [3.05, 3.63) is 12.7 Å². The van der Waals surface area contributed by atoms with Gasteiger partial charge in [0.25, 0.3) is 0 Å². The third-order valence-electron chi connectivity index (χ3n) is 0.144. The van der Waals surface area contributed by atoms with Crippen LogP contribution in [0.4, 0.5) is 0 Å². The molecule has 0 saturated heterocycles. The molecule has 0 saturated carbocycles. The Bertz CT molecular complexity index is 20.9. The van der Waals surface area contributed by atoms with E-state index < -0.39 is 0 Å². The maximum Gasteiger partial charge on any atom is -0.412 e. The molecule has 0 spiro atoms. The average Bonchev–Trinajstić information content (AvgIpc) is 1.37. The summed E-state index contributed by atoms with van der Waals surface area (Å²) >= 11 is 1.55. The van der Waals surface area contributed by atoms with Gasteiger partial charge in [0.15, 0.2) is 0 Å². The smallest absolute Gasteiger partial charge is 0.412 e. The molecular formula is C3H7OSn. The topological polar surface area (TPSA) is 31.5 Å². The SMILES string of the molecule is C=C[CH2][Sn].O. The molecule has 0 bridgehead atoms. The fourth-order valence-corrected chi connectivity index (χ4v) is 0. The van der Waals surface area contributed by atoms with Gasteiger partial charge in [-0.15, -0.1) is 0 Å². The molecule has 2 heteroatoms. The van der Waals surface area contributed by atoms with Gasteiger partial charge in [-0.1, -0.05) is 0 Å². The minimum Gasteiger partial charge on any atom is -0.412 e. The van der Waals surface area contributed by atoms with E-state index in [1.807, 2.05) is 6.08 Å². The van der Waals surface area contributed by atoms with E-state index in [1.165, 1.54) is 4.44 Å². The first-order chi connectivity index (χ1) is 1.91. The van der Waals surface area contributed by atoms with Crippen molar-refractivity contribution in [2.45, 2.75) is 4.44 Å². The third kappa shape index (κ3) is 12.5. The van der Waals surface area contributed by atoms with Crippen LogP contribution in [0.3, 0.4) is 0 Å². The fraction of sp³-hybridized carbons (Fsp3) is 0.333. The van der Waals surface area contributed by atoms with Gasteiger partial charge < -0.3 is 5.48 Å². The Labute approximate surface area is 45.5 Å². The second-order valence-corrected chi connectivity index (χ2v) is 1.66. The predicted octanol–water partition coefficient (Wildman–Crippen LogP) is -0.0655. The molecule has 0 aliphatic heterocycles. The molecule has 0 aliphatic rings. The van der Waals surface area contributed by atoms with Crippen molar-refractivity contribution in [1.82, 2.24) is 0 Å². The van der Waals surface area contributed by atoms with Crippen LogP contribution in [0.15, 0.2) is 12.7 Å². The van der Waals surface area contributed by atoms with E-state index in [1.54, 1.807) is 22.5 Å². The Morgan fingerprint density at radius 1 is 1.80 bits per heavy atom. The number of hydrogen-bond acceptors (Lipinski definition) is 0. The summed E-state index contributed by atoms with van der Waals surface area (Å²) in [5.74, 6) is 0. The molecular weight excluding hydrogens is 171 g/mol. The molecule has 0 aromatic carbocycles. The first-order valence-electron chi connectivity index (χ1n) is 1.17. The van der Waals surface area contributed by atoms with Gasteiger partial charge in [0.05, 0.1) is 0 Å². The van der Waals surface area contributed by atoms with Gasteiger partial charge in [-0.2, -0.15) is 0 Å². The zero-order valence-electron chi connectivity index (χ0n) is 2.99. The second-order valence-electron chi connectivity index (χ2n) is 0.493.